The minimum atomic E-state index is -0.0451. The summed E-state index contributed by atoms with van der Waals surface area (Å²) in [6.07, 6.45) is 1.31. The Hall–Kier alpha value is -2.46. The third kappa shape index (κ3) is 2.07. The van der Waals surface area contributed by atoms with Crippen LogP contribution in [0.25, 0.3) is 11.0 Å². The van der Waals surface area contributed by atoms with E-state index in [0.29, 0.717) is 29.0 Å². The number of nitrogens with one attached hydrogen (secondary N) is 1. The minimum absolute atomic E-state index is 0.0451. The molecule has 0 fully saturated rings. The molecule has 4 N–H and O–H groups in total. The smallest absolute Gasteiger partial charge is 0.167 e. The van der Waals surface area contributed by atoms with E-state index in [4.69, 9.17) is 16.1 Å². The van der Waals surface area contributed by atoms with E-state index >= 15 is 0 Å². The van der Waals surface area contributed by atoms with Gasteiger partial charge in [0.1, 0.15) is 24.0 Å². The number of rotatable bonds is 3. The van der Waals surface area contributed by atoms with Crippen molar-refractivity contribution in [3.8, 4) is 6.07 Å². The number of hydrogen-bond donors (Lipinski definition) is 3. The van der Waals surface area contributed by atoms with Crippen LogP contribution in [0, 0.1) is 11.3 Å². The predicted octanol–water partition coefficient (Wildman–Crippen LogP) is -0.117. The van der Waals surface area contributed by atoms with E-state index in [1.54, 1.807) is 6.07 Å². The second-order valence-corrected chi connectivity index (χ2v) is 3.28. The van der Waals surface area contributed by atoms with E-state index in [-0.39, 0.29) is 12.4 Å². The zero-order valence-corrected chi connectivity index (χ0v) is 8.88. The molecule has 2 aromatic rings. The number of fused-ring (bicyclic) bond motifs is 1. The molecule has 0 saturated carbocycles. The highest BCUT2D eigenvalue weighted by Gasteiger charge is 2.09. The summed E-state index contributed by atoms with van der Waals surface area (Å²) in [5.41, 5.74) is 6.42. The van der Waals surface area contributed by atoms with Gasteiger partial charge < -0.3 is 16.2 Å². The van der Waals surface area contributed by atoms with Crippen molar-refractivity contribution >= 4 is 22.7 Å². The van der Waals surface area contributed by atoms with Gasteiger partial charge in [0, 0.05) is 6.54 Å². The molecule has 0 amide bonds. The van der Waals surface area contributed by atoms with E-state index in [1.165, 1.54) is 6.33 Å². The summed E-state index contributed by atoms with van der Waals surface area (Å²) in [6, 6.07) is 3.59. The number of aliphatic hydroxyl groups excluding tert-OH is 1. The van der Waals surface area contributed by atoms with Crippen LogP contribution < -0.4 is 11.1 Å². The fraction of sp³-hybridized carbons (Fsp3) is 0.200. The summed E-state index contributed by atoms with van der Waals surface area (Å²) in [4.78, 5) is 12.0. The molecule has 0 bridgehead atoms. The van der Waals surface area contributed by atoms with Gasteiger partial charge in [-0.15, -0.1) is 0 Å². The lowest BCUT2D eigenvalue weighted by Gasteiger charge is -2.07. The van der Waals surface area contributed by atoms with Crippen LogP contribution in [0.1, 0.15) is 5.56 Å². The normalized spacial score (nSPS) is 10.1. The van der Waals surface area contributed by atoms with Crippen molar-refractivity contribution in [2.45, 2.75) is 0 Å². The second kappa shape index (κ2) is 4.59. The molecule has 0 spiro atoms. The van der Waals surface area contributed by atoms with Crippen molar-refractivity contribution < 1.29 is 5.11 Å². The first kappa shape index (κ1) is 11.0. The van der Waals surface area contributed by atoms with Crippen molar-refractivity contribution in [1.82, 2.24) is 15.0 Å². The summed E-state index contributed by atoms with van der Waals surface area (Å²) in [5.74, 6) is 0.667. The average Bonchev–Trinajstić information content (AvgIpc) is 2.36. The maximum Gasteiger partial charge on any atom is 0.167 e. The molecule has 17 heavy (non-hydrogen) atoms. The molecule has 0 aliphatic rings. The van der Waals surface area contributed by atoms with Gasteiger partial charge >= 0.3 is 0 Å². The molecule has 2 aromatic heterocycles. The molecule has 0 radical (unpaired) electrons. The minimum Gasteiger partial charge on any atom is -0.395 e. The first-order valence-electron chi connectivity index (χ1n) is 4.92. The Labute approximate surface area is 96.9 Å². The SMILES string of the molecule is N#Cc1cc2c(N)ncnc2nc1NCCO. The van der Waals surface area contributed by atoms with Gasteiger partial charge in [-0.05, 0) is 6.07 Å². The summed E-state index contributed by atoms with van der Waals surface area (Å²) < 4.78 is 0. The molecule has 86 valence electrons. The van der Waals surface area contributed by atoms with Gasteiger partial charge in [0.2, 0.25) is 0 Å². The van der Waals surface area contributed by atoms with Crippen LogP contribution in [-0.4, -0.2) is 33.2 Å². The average molecular weight is 230 g/mol. The van der Waals surface area contributed by atoms with Gasteiger partial charge in [0.15, 0.2) is 5.65 Å². The highest BCUT2D eigenvalue weighted by atomic mass is 16.3. The van der Waals surface area contributed by atoms with E-state index in [2.05, 4.69) is 20.3 Å². The lowest BCUT2D eigenvalue weighted by molar-refractivity contribution is 0.311. The molecule has 0 aliphatic heterocycles. The van der Waals surface area contributed by atoms with Crippen molar-refractivity contribution in [3.05, 3.63) is 18.0 Å². The van der Waals surface area contributed by atoms with Crippen molar-refractivity contribution in [3.63, 3.8) is 0 Å². The largest absolute Gasteiger partial charge is 0.395 e. The molecule has 0 unspecified atom stereocenters. The maximum absolute atomic E-state index is 8.99. The van der Waals surface area contributed by atoms with Crippen LogP contribution in [0.5, 0.6) is 0 Å². The Morgan fingerprint density at radius 3 is 3.00 bits per heavy atom. The zero-order chi connectivity index (χ0) is 12.3. The molecule has 0 aliphatic carbocycles. The van der Waals surface area contributed by atoms with Crippen LogP contribution in [0.15, 0.2) is 12.4 Å². The van der Waals surface area contributed by atoms with Crippen LogP contribution in [-0.2, 0) is 0 Å². The number of hydrogen-bond acceptors (Lipinski definition) is 7. The first-order valence-corrected chi connectivity index (χ1v) is 4.92. The Bertz CT molecular complexity index is 591. The topological polar surface area (TPSA) is 121 Å². The van der Waals surface area contributed by atoms with Gasteiger partial charge in [-0.1, -0.05) is 0 Å². The Kier molecular flexibility index (Phi) is 2.98. The van der Waals surface area contributed by atoms with Gasteiger partial charge in [-0.3, -0.25) is 0 Å². The van der Waals surface area contributed by atoms with Crippen LogP contribution >= 0.6 is 0 Å². The van der Waals surface area contributed by atoms with Gasteiger partial charge in [0.25, 0.3) is 0 Å². The summed E-state index contributed by atoms with van der Waals surface area (Å²) >= 11 is 0. The molecular formula is C10H10N6O. The van der Waals surface area contributed by atoms with Gasteiger partial charge in [-0.25, -0.2) is 15.0 Å². The number of anilines is 2. The summed E-state index contributed by atoms with van der Waals surface area (Å²) in [7, 11) is 0. The molecule has 2 rings (SSSR count). The van der Waals surface area contributed by atoms with E-state index in [1.807, 2.05) is 6.07 Å². The third-order valence-corrected chi connectivity index (χ3v) is 2.18. The number of nitrogens with two attached hydrogens (primary N) is 1. The molecule has 0 aromatic carbocycles. The number of aromatic nitrogens is 3. The van der Waals surface area contributed by atoms with Crippen molar-refractivity contribution in [2.75, 3.05) is 24.2 Å². The highest BCUT2D eigenvalue weighted by Crippen LogP contribution is 2.21. The fourth-order valence-corrected chi connectivity index (χ4v) is 1.40. The van der Waals surface area contributed by atoms with Crippen LogP contribution in [0.2, 0.25) is 0 Å². The molecule has 7 nitrogen and oxygen atoms in total. The molecular weight excluding hydrogens is 220 g/mol. The molecule has 0 saturated heterocycles. The maximum atomic E-state index is 8.99. The number of nitriles is 1. The van der Waals surface area contributed by atoms with Gasteiger partial charge in [0.05, 0.1) is 17.6 Å². The van der Waals surface area contributed by atoms with Gasteiger partial charge in [-0.2, -0.15) is 5.26 Å². The fourth-order valence-electron chi connectivity index (χ4n) is 1.40. The Morgan fingerprint density at radius 2 is 2.29 bits per heavy atom. The Morgan fingerprint density at radius 1 is 1.47 bits per heavy atom. The molecule has 7 heteroatoms. The van der Waals surface area contributed by atoms with E-state index < -0.39 is 0 Å². The number of aliphatic hydroxyl groups is 1. The predicted molar refractivity (Wildman–Crippen MR) is 62.0 cm³/mol. The number of nitrogen functional groups attached to an aromatic ring is 1. The standard InChI is InChI=1S/C10H10N6O/c11-4-6-3-7-8(12)14-5-15-10(7)16-9(6)13-1-2-17/h3,5,17H,1-2H2,(H3,12,13,14,15,16). The lowest BCUT2D eigenvalue weighted by Crippen LogP contribution is -2.09. The lowest BCUT2D eigenvalue weighted by atomic mass is 10.2. The Balaban J connectivity index is 2.58. The third-order valence-electron chi connectivity index (χ3n) is 2.18. The quantitative estimate of drug-likeness (QED) is 0.672. The first-order chi connectivity index (χ1) is 8.26. The highest BCUT2D eigenvalue weighted by molar-refractivity contribution is 5.87. The summed E-state index contributed by atoms with van der Waals surface area (Å²) in [5, 5.41) is 21.1. The number of pyridine rings is 1. The summed E-state index contributed by atoms with van der Waals surface area (Å²) in [6.45, 7) is 0.268. The van der Waals surface area contributed by atoms with E-state index in [9.17, 15) is 0 Å². The number of nitrogens with zero attached hydrogens (tertiary/aromatic N) is 4. The monoisotopic (exact) mass is 230 g/mol. The second-order valence-electron chi connectivity index (χ2n) is 3.28. The zero-order valence-electron chi connectivity index (χ0n) is 8.88. The van der Waals surface area contributed by atoms with Crippen LogP contribution in [0.3, 0.4) is 0 Å². The van der Waals surface area contributed by atoms with Crippen LogP contribution in [0.4, 0.5) is 11.6 Å². The molecule has 0 atom stereocenters. The molecule has 2 heterocycles. The van der Waals surface area contributed by atoms with E-state index in [0.717, 1.165) is 0 Å². The van der Waals surface area contributed by atoms with Crippen molar-refractivity contribution in [1.29, 1.82) is 5.26 Å². The van der Waals surface area contributed by atoms with Crippen molar-refractivity contribution in [2.24, 2.45) is 0 Å².